The summed E-state index contributed by atoms with van der Waals surface area (Å²) in [5, 5.41) is 1.83. The van der Waals surface area contributed by atoms with Crippen molar-refractivity contribution in [3.8, 4) is 10.4 Å². The van der Waals surface area contributed by atoms with Crippen molar-refractivity contribution < 1.29 is 18.0 Å². The monoisotopic (exact) mass is 385 g/mol. The third-order valence-corrected chi connectivity index (χ3v) is 5.63. The summed E-state index contributed by atoms with van der Waals surface area (Å²) in [4.78, 5) is 26.2. The summed E-state index contributed by atoms with van der Waals surface area (Å²) < 4.78 is 24.0. The van der Waals surface area contributed by atoms with E-state index in [-0.39, 0.29) is 23.4 Å². The molecule has 0 N–H and O–H groups in total. The highest BCUT2D eigenvalue weighted by atomic mass is 35.7. The third-order valence-electron chi connectivity index (χ3n) is 3.38. The van der Waals surface area contributed by atoms with Gasteiger partial charge in [0.05, 0.1) is 5.69 Å². The van der Waals surface area contributed by atoms with Crippen LogP contribution < -0.4 is 4.90 Å². The molecule has 0 aliphatic carbocycles. The highest BCUT2D eigenvalue weighted by molar-refractivity contribution is 8.13. The minimum absolute atomic E-state index is 0.0219. The van der Waals surface area contributed by atoms with Gasteiger partial charge in [0.15, 0.2) is 0 Å². The van der Waals surface area contributed by atoms with Crippen molar-refractivity contribution in [2.45, 2.75) is 31.6 Å². The number of rotatable bonds is 5. The van der Waals surface area contributed by atoms with Crippen LogP contribution in [0.4, 0.5) is 5.69 Å². The predicted octanol–water partition coefficient (Wildman–Crippen LogP) is 4.02. The average molecular weight is 386 g/mol. The van der Waals surface area contributed by atoms with E-state index in [0.717, 1.165) is 9.78 Å². The van der Waals surface area contributed by atoms with E-state index in [9.17, 15) is 18.0 Å². The van der Waals surface area contributed by atoms with Gasteiger partial charge in [0.2, 0.25) is 11.8 Å². The Balaban J connectivity index is 2.86. The number of imide groups is 1. The van der Waals surface area contributed by atoms with E-state index in [2.05, 4.69) is 0 Å². The van der Waals surface area contributed by atoms with Gasteiger partial charge in [-0.25, -0.2) is 13.3 Å². The third kappa shape index (κ3) is 3.68. The van der Waals surface area contributed by atoms with Crippen molar-refractivity contribution in [3.63, 3.8) is 0 Å². The first-order valence-electron chi connectivity index (χ1n) is 7.28. The molecule has 0 saturated carbocycles. The van der Waals surface area contributed by atoms with Crippen LogP contribution in [0.2, 0.25) is 0 Å². The molecule has 2 rings (SSSR count). The van der Waals surface area contributed by atoms with E-state index < -0.39 is 20.9 Å². The molecule has 0 radical (unpaired) electrons. The van der Waals surface area contributed by atoms with E-state index >= 15 is 0 Å². The van der Waals surface area contributed by atoms with Crippen LogP contribution in [-0.2, 0) is 18.6 Å². The number of nitrogens with zero attached hydrogens (tertiary/aromatic N) is 1. The molecular weight excluding hydrogens is 370 g/mol. The maximum absolute atomic E-state index is 12.4. The summed E-state index contributed by atoms with van der Waals surface area (Å²) >= 11 is 1.38. The molecule has 0 fully saturated rings. The van der Waals surface area contributed by atoms with Crippen molar-refractivity contribution in [2.24, 2.45) is 0 Å². The lowest BCUT2D eigenvalue weighted by Gasteiger charge is -2.24. The highest BCUT2D eigenvalue weighted by Crippen LogP contribution is 2.40. The van der Waals surface area contributed by atoms with Gasteiger partial charge in [0.25, 0.3) is 9.05 Å². The molecular formula is C16H16ClNO4S2. The first-order chi connectivity index (χ1) is 11.3. The minimum atomic E-state index is -4.14. The van der Waals surface area contributed by atoms with Gasteiger partial charge in [0.1, 0.15) is 4.90 Å². The molecule has 0 aliphatic rings. The molecule has 1 aromatic heterocycles. The number of halogens is 1. The molecule has 0 spiro atoms. The molecule has 2 aromatic rings. The van der Waals surface area contributed by atoms with E-state index in [1.165, 1.54) is 17.4 Å². The molecule has 1 heterocycles. The molecule has 0 bridgehead atoms. The maximum atomic E-state index is 12.4. The number of amides is 2. The van der Waals surface area contributed by atoms with Crippen molar-refractivity contribution in [1.29, 1.82) is 0 Å². The number of anilines is 1. The Bertz CT molecular complexity index is 844. The quantitative estimate of drug-likeness (QED) is 0.728. The van der Waals surface area contributed by atoms with Gasteiger partial charge in [-0.2, -0.15) is 0 Å². The zero-order valence-corrected chi connectivity index (χ0v) is 15.5. The van der Waals surface area contributed by atoms with Crippen molar-refractivity contribution in [3.05, 3.63) is 35.7 Å². The minimum Gasteiger partial charge on any atom is -0.274 e. The largest absolute Gasteiger partial charge is 0.274 e. The molecule has 0 atom stereocenters. The molecule has 24 heavy (non-hydrogen) atoms. The van der Waals surface area contributed by atoms with E-state index in [1.54, 1.807) is 38.1 Å². The summed E-state index contributed by atoms with van der Waals surface area (Å²) in [7, 11) is 1.42. The van der Waals surface area contributed by atoms with Crippen molar-refractivity contribution >= 4 is 48.6 Å². The number of carbonyl (C=O) groups is 2. The molecule has 1 aromatic carbocycles. The summed E-state index contributed by atoms with van der Waals surface area (Å²) in [5.74, 6) is -0.958. The van der Waals surface area contributed by atoms with Gasteiger partial charge in [-0.05, 0) is 17.5 Å². The van der Waals surface area contributed by atoms with Crippen molar-refractivity contribution in [2.75, 3.05) is 4.90 Å². The van der Waals surface area contributed by atoms with Crippen LogP contribution in [-0.4, -0.2) is 20.2 Å². The smallest absolute Gasteiger partial charge is 0.263 e. The Labute approximate surface area is 149 Å². The van der Waals surface area contributed by atoms with Gasteiger partial charge >= 0.3 is 0 Å². The fourth-order valence-corrected chi connectivity index (χ4v) is 4.08. The second-order valence-electron chi connectivity index (χ2n) is 4.90. The van der Waals surface area contributed by atoms with Crippen LogP contribution in [0.3, 0.4) is 0 Å². The van der Waals surface area contributed by atoms with E-state index in [0.29, 0.717) is 5.56 Å². The molecule has 0 unspecified atom stereocenters. The molecule has 2 amide bonds. The average Bonchev–Trinajstić information content (AvgIpc) is 3.08. The van der Waals surface area contributed by atoms with Crippen LogP contribution in [0, 0.1) is 0 Å². The Hall–Kier alpha value is -1.70. The standard InChI is InChI=1S/C16H16ClNO4S2/c1-3-14(19)18(15(20)4-2)16-11(12-8-6-10-23-12)7-5-9-13(16)24(17,21)22/h5-10H,3-4H2,1-2H3. The van der Waals surface area contributed by atoms with Gasteiger partial charge in [-0.3, -0.25) is 9.59 Å². The SMILES string of the molecule is CCC(=O)N(C(=O)CC)c1c(-c2cccs2)cccc1S(=O)(=O)Cl. The fourth-order valence-electron chi connectivity index (χ4n) is 2.29. The molecule has 0 aliphatic heterocycles. The lowest BCUT2D eigenvalue weighted by Crippen LogP contribution is -2.37. The van der Waals surface area contributed by atoms with E-state index in [4.69, 9.17) is 10.7 Å². The lowest BCUT2D eigenvalue weighted by atomic mass is 10.1. The van der Waals surface area contributed by atoms with Gasteiger partial charge in [0, 0.05) is 34.0 Å². The summed E-state index contributed by atoms with van der Waals surface area (Å²) in [6, 6.07) is 8.11. The maximum Gasteiger partial charge on any atom is 0.263 e. The number of carbonyl (C=O) groups excluding carboxylic acids is 2. The summed E-state index contributed by atoms with van der Waals surface area (Å²) in [6.45, 7) is 3.22. The molecule has 5 nitrogen and oxygen atoms in total. The van der Waals surface area contributed by atoms with Crippen LogP contribution in [0.25, 0.3) is 10.4 Å². The number of hydrogen-bond acceptors (Lipinski definition) is 5. The highest BCUT2D eigenvalue weighted by Gasteiger charge is 2.30. The fraction of sp³-hybridized carbons (Fsp3) is 0.250. The Morgan fingerprint density at radius 1 is 1.08 bits per heavy atom. The van der Waals surface area contributed by atoms with Gasteiger partial charge in [-0.15, -0.1) is 11.3 Å². The zero-order valence-electron chi connectivity index (χ0n) is 13.2. The molecule has 0 saturated heterocycles. The lowest BCUT2D eigenvalue weighted by molar-refractivity contribution is -0.126. The first kappa shape index (κ1) is 18.6. The molecule has 128 valence electrons. The van der Waals surface area contributed by atoms with E-state index in [1.807, 2.05) is 5.38 Å². The van der Waals surface area contributed by atoms with Crippen LogP contribution in [0.15, 0.2) is 40.6 Å². The zero-order chi connectivity index (χ0) is 17.9. The first-order valence-corrected chi connectivity index (χ1v) is 10.5. The number of thiophene rings is 1. The number of benzene rings is 1. The second kappa shape index (κ2) is 7.46. The Morgan fingerprint density at radius 3 is 2.17 bits per heavy atom. The summed E-state index contributed by atoms with van der Waals surface area (Å²) in [6.07, 6.45) is 0.124. The van der Waals surface area contributed by atoms with Crippen LogP contribution in [0.1, 0.15) is 26.7 Å². The number of hydrogen-bond donors (Lipinski definition) is 0. The van der Waals surface area contributed by atoms with Gasteiger partial charge in [-0.1, -0.05) is 32.0 Å². The predicted molar refractivity (Wildman–Crippen MR) is 95.9 cm³/mol. The van der Waals surface area contributed by atoms with Crippen molar-refractivity contribution in [1.82, 2.24) is 0 Å². The topological polar surface area (TPSA) is 71.5 Å². The number of para-hydroxylation sites is 1. The molecule has 8 heteroatoms. The van der Waals surface area contributed by atoms with Gasteiger partial charge < -0.3 is 0 Å². The second-order valence-corrected chi connectivity index (χ2v) is 8.38. The Morgan fingerprint density at radius 2 is 1.71 bits per heavy atom. The van der Waals surface area contributed by atoms with Crippen LogP contribution >= 0.6 is 22.0 Å². The normalized spacial score (nSPS) is 11.3. The van der Waals surface area contributed by atoms with Crippen LogP contribution in [0.5, 0.6) is 0 Å². The summed E-state index contributed by atoms with van der Waals surface area (Å²) in [5.41, 5.74) is 0.504. The Kier molecular flexibility index (Phi) is 5.79.